The summed E-state index contributed by atoms with van der Waals surface area (Å²) in [6, 6.07) is 12.0. The number of rotatable bonds is 7. The number of sulfonamides is 1. The van der Waals surface area contributed by atoms with Crippen LogP contribution in [0.4, 0.5) is 5.69 Å². The van der Waals surface area contributed by atoms with Crippen molar-refractivity contribution in [3.8, 4) is 0 Å². The number of carbonyl (C=O) groups excluding carboxylic acids is 2. The second kappa shape index (κ2) is 10.7. The first-order valence-electron chi connectivity index (χ1n) is 11.0. The molecule has 3 rings (SSSR count). The van der Waals surface area contributed by atoms with Gasteiger partial charge in [0.05, 0.1) is 4.90 Å². The van der Waals surface area contributed by atoms with E-state index in [1.807, 2.05) is 0 Å². The van der Waals surface area contributed by atoms with Crippen molar-refractivity contribution < 1.29 is 18.0 Å². The molecule has 1 aliphatic rings. The standard InChI is InChI=1S/C24H31N3O4S/c1-18-21(24(29)25-2)8-7-9-22(18)26-23(28)15-12-19-10-13-20(14-11-19)32(30,31)27-16-5-3-4-6-17-27/h7-11,13-14H,3-6,12,15-17H2,1-2H3,(H,25,29)(H,26,28). The second-order valence-corrected chi connectivity index (χ2v) is 10.0. The Kier molecular flexibility index (Phi) is 8.04. The van der Waals surface area contributed by atoms with Crippen molar-refractivity contribution in [1.29, 1.82) is 0 Å². The zero-order valence-corrected chi connectivity index (χ0v) is 19.5. The molecule has 2 aromatic carbocycles. The monoisotopic (exact) mass is 457 g/mol. The Bertz CT molecular complexity index is 1060. The Labute approximate surface area is 190 Å². The molecule has 0 radical (unpaired) electrons. The van der Waals surface area contributed by atoms with E-state index in [0.29, 0.717) is 41.2 Å². The van der Waals surface area contributed by atoms with Gasteiger partial charge in [-0.25, -0.2) is 8.42 Å². The van der Waals surface area contributed by atoms with Crippen LogP contribution < -0.4 is 10.6 Å². The summed E-state index contributed by atoms with van der Waals surface area (Å²) in [5, 5.41) is 5.45. The van der Waals surface area contributed by atoms with Crippen LogP contribution >= 0.6 is 0 Å². The van der Waals surface area contributed by atoms with Crippen molar-refractivity contribution in [2.24, 2.45) is 0 Å². The molecule has 0 spiro atoms. The van der Waals surface area contributed by atoms with E-state index in [0.717, 1.165) is 31.2 Å². The van der Waals surface area contributed by atoms with E-state index >= 15 is 0 Å². The highest BCUT2D eigenvalue weighted by atomic mass is 32.2. The summed E-state index contributed by atoms with van der Waals surface area (Å²) in [4.78, 5) is 24.7. The van der Waals surface area contributed by atoms with Gasteiger partial charge in [-0.3, -0.25) is 9.59 Å². The normalized spacial score (nSPS) is 15.1. The van der Waals surface area contributed by atoms with Gasteiger partial charge >= 0.3 is 0 Å². The van der Waals surface area contributed by atoms with Crippen LogP contribution in [0.3, 0.4) is 0 Å². The maximum atomic E-state index is 12.9. The number of benzene rings is 2. The zero-order chi connectivity index (χ0) is 23.1. The highest BCUT2D eigenvalue weighted by molar-refractivity contribution is 7.89. The molecule has 1 saturated heterocycles. The third-order valence-corrected chi connectivity index (χ3v) is 7.76. The van der Waals surface area contributed by atoms with Crippen LogP contribution in [0.2, 0.25) is 0 Å². The molecule has 1 fully saturated rings. The molecule has 2 aromatic rings. The molecule has 8 heteroatoms. The van der Waals surface area contributed by atoms with Crippen LogP contribution in [0.5, 0.6) is 0 Å². The van der Waals surface area contributed by atoms with Gasteiger partial charge in [0.25, 0.3) is 5.91 Å². The molecule has 0 saturated carbocycles. The predicted molar refractivity (Wildman–Crippen MR) is 125 cm³/mol. The second-order valence-electron chi connectivity index (χ2n) is 8.07. The third kappa shape index (κ3) is 5.75. The lowest BCUT2D eigenvalue weighted by Crippen LogP contribution is -2.31. The predicted octanol–water partition coefficient (Wildman–Crippen LogP) is 3.49. The van der Waals surface area contributed by atoms with E-state index in [9.17, 15) is 18.0 Å². The quantitative estimate of drug-likeness (QED) is 0.665. The fraction of sp³-hybridized carbons (Fsp3) is 0.417. The van der Waals surface area contributed by atoms with E-state index in [1.54, 1.807) is 60.7 Å². The Morgan fingerprint density at radius 2 is 1.62 bits per heavy atom. The first-order valence-corrected chi connectivity index (χ1v) is 12.5. The Hall–Kier alpha value is -2.71. The number of carbonyl (C=O) groups is 2. The molecule has 1 heterocycles. The van der Waals surface area contributed by atoms with E-state index in [-0.39, 0.29) is 18.2 Å². The van der Waals surface area contributed by atoms with Crippen molar-refractivity contribution in [3.05, 3.63) is 59.2 Å². The van der Waals surface area contributed by atoms with Crippen LogP contribution in [0.15, 0.2) is 47.4 Å². The van der Waals surface area contributed by atoms with Gasteiger partial charge in [0, 0.05) is 37.8 Å². The van der Waals surface area contributed by atoms with Gasteiger partial charge in [0.2, 0.25) is 15.9 Å². The minimum Gasteiger partial charge on any atom is -0.355 e. The molecule has 1 aliphatic heterocycles. The molecule has 0 aromatic heterocycles. The number of aryl methyl sites for hydroxylation is 1. The first-order chi connectivity index (χ1) is 15.3. The number of anilines is 1. The largest absolute Gasteiger partial charge is 0.355 e. The molecule has 32 heavy (non-hydrogen) atoms. The minimum absolute atomic E-state index is 0.163. The van der Waals surface area contributed by atoms with Crippen LogP contribution in [0.1, 0.15) is 53.6 Å². The van der Waals surface area contributed by atoms with Crippen molar-refractivity contribution in [2.45, 2.75) is 50.3 Å². The fourth-order valence-electron chi connectivity index (χ4n) is 3.88. The van der Waals surface area contributed by atoms with Crippen LogP contribution in [0, 0.1) is 6.92 Å². The van der Waals surface area contributed by atoms with Crippen molar-refractivity contribution in [1.82, 2.24) is 9.62 Å². The van der Waals surface area contributed by atoms with Gasteiger partial charge in [-0.05, 0) is 61.6 Å². The number of hydrogen-bond donors (Lipinski definition) is 2. The number of hydrogen-bond acceptors (Lipinski definition) is 4. The molecular weight excluding hydrogens is 426 g/mol. The van der Waals surface area contributed by atoms with Gasteiger partial charge in [-0.2, -0.15) is 4.31 Å². The molecule has 0 unspecified atom stereocenters. The van der Waals surface area contributed by atoms with E-state index in [4.69, 9.17) is 0 Å². The minimum atomic E-state index is -3.47. The lowest BCUT2D eigenvalue weighted by atomic mass is 10.1. The molecule has 0 aliphatic carbocycles. The zero-order valence-electron chi connectivity index (χ0n) is 18.7. The maximum absolute atomic E-state index is 12.9. The Balaban J connectivity index is 1.60. The molecule has 172 valence electrons. The van der Waals surface area contributed by atoms with Crippen molar-refractivity contribution in [2.75, 3.05) is 25.5 Å². The van der Waals surface area contributed by atoms with Gasteiger partial charge in [0.15, 0.2) is 0 Å². The van der Waals surface area contributed by atoms with E-state index in [1.165, 1.54) is 0 Å². The van der Waals surface area contributed by atoms with Gasteiger partial charge in [-0.1, -0.05) is 31.0 Å². The topological polar surface area (TPSA) is 95.6 Å². The summed E-state index contributed by atoms with van der Waals surface area (Å²) in [7, 11) is -1.90. The number of nitrogens with one attached hydrogen (secondary N) is 2. The molecule has 2 amide bonds. The highest BCUT2D eigenvalue weighted by Crippen LogP contribution is 2.22. The van der Waals surface area contributed by atoms with Gasteiger partial charge in [0.1, 0.15) is 0 Å². The Morgan fingerprint density at radius 1 is 0.969 bits per heavy atom. The molecule has 2 N–H and O–H groups in total. The number of nitrogens with zero attached hydrogens (tertiary/aromatic N) is 1. The average Bonchev–Trinajstić information content (AvgIpc) is 3.09. The summed E-state index contributed by atoms with van der Waals surface area (Å²) >= 11 is 0. The molecule has 7 nitrogen and oxygen atoms in total. The maximum Gasteiger partial charge on any atom is 0.251 e. The van der Waals surface area contributed by atoms with Crippen molar-refractivity contribution in [3.63, 3.8) is 0 Å². The highest BCUT2D eigenvalue weighted by Gasteiger charge is 2.24. The summed E-state index contributed by atoms with van der Waals surface area (Å²) in [6.07, 6.45) is 4.69. The first kappa shape index (κ1) is 23.9. The summed E-state index contributed by atoms with van der Waals surface area (Å²) in [5.74, 6) is -0.364. The SMILES string of the molecule is CNC(=O)c1cccc(NC(=O)CCc2ccc(S(=O)(=O)N3CCCCCC3)cc2)c1C. The average molecular weight is 458 g/mol. The fourth-order valence-corrected chi connectivity index (χ4v) is 5.40. The van der Waals surface area contributed by atoms with E-state index in [2.05, 4.69) is 10.6 Å². The van der Waals surface area contributed by atoms with Gasteiger partial charge < -0.3 is 10.6 Å². The summed E-state index contributed by atoms with van der Waals surface area (Å²) in [6.45, 7) is 2.94. The lowest BCUT2D eigenvalue weighted by molar-refractivity contribution is -0.116. The van der Waals surface area contributed by atoms with Gasteiger partial charge in [-0.15, -0.1) is 0 Å². The smallest absolute Gasteiger partial charge is 0.251 e. The van der Waals surface area contributed by atoms with Crippen LogP contribution in [-0.4, -0.2) is 44.7 Å². The number of amides is 2. The van der Waals surface area contributed by atoms with Crippen molar-refractivity contribution >= 4 is 27.5 Å². The summed E-state index contributed by atoms with van der Waals surface area (Å²) < 4.78 is 27.3. The Morgan fingerprint density at radius 3 is 2.25 bits per heavy atom. The third-order valence-electron chi connectivity index (χ3n) is 5.85. The van der Waals surface area contributed by atoms with Crippen LogP contribution in [-0.2, 0) is 21.2 Å². The molecule has 0 bridgehead atoms. The van der Waals surface area contributed by atoms with Crippen LogP contribution in [0.25, 0.3) is 0 Å². The summed E-state index contributed by atoms with van der Waals surface area (Å²) in [5.41, 5.74) is 2.73. The molecule has 0 atom stereocenters. The lowest BCUT2D eigenvalue weighted by Gasteiger charge is -2.20. The van der Waals surface area contributed by atoms with E-state index < -0.39 is 10.0 Å². The molecular formula is C24H31N3O4S.